The maximum absolute atomic E-state index is 12.8. The third-order valence-corrected chi connectivity index (χ3v) is 8.67. The standard InChI is InChI=1S/C34H41N3O4/c38-24-25-13-15-26(16-14-25)32-21-31(23-37-19-7-12-30(37)22-36-17-4-5-18-36)40-34(41-32)28-10-6-11-29(20-28)35-33(39)27-8-2-1-3-9-27/h1-3,6,8-11,13-16,20,30-32,34,38H,4-5,7,12,17-19,21-24H2,(H,35,39)/t30-,31+,32-,34-/m0/s1. The molecule has 3 fully saturated rings. The smallest absolute Gasteiger partial charge is 0.255 e. The minimum atomic E-state index is -0.551. The molecule has 4 atom stereocenters. The molecule has 3 aromatic rings. The number of ether oxygens (including phenoxy) is 2. The summed E-state index contributed by atoms with van der Waals surface area (Å²) in [7, 11) is 0. The highest BCUT2D eigenvalue weighted by Crippen LogP contribution is 2.39. The average Bonchev–Trinajstić information content (AvgIpc) is 3.70. The summed E-state index contributed by atoms with van der Waals surface area (Å²) in [6, 6.07) is 25.6. The van der Waals surface area contributed by atoms with Crippen LogP contribution in [0.2, 0.25) is 0 Å². The molecular weight excluding hydrogens is 514 g/mol. The van der Waals surface area contributed by atoms with Crippen molar-refractivity contribution in [1.82, 2.24) is 9.80 Å². The van der Waals surface area contributed by atoms with Crippen LogP contribution in [0.15, 0.2) is 78.9 Å². The van der Waals surface area contributed by atoms with E-state index in [0.29, 0.717) is 17.3 Å². The molecular formula is C34H41N3O4. The van der Waals surface area contributed by atoms with E-state index in [0.717, 1.165) is 42.7 Å². The van der Waals surface area contributed by atoms with E-state index >= 15 is 0 Å². The summed E-state index contributed by atoms with van der Waals surface area (Å²) < 4.78 is 13.2. The van der Waals surface area contributed by atoms with E-state index in [9.17, 15) is 9.90 Å². The van der Waals surface area contributed by atoms with Gasteiger partial charge in [0.2, 0.25) is 0 Å². The molecule has 0 radical (unpaired) electrons. The lowest BCUT2D eigenvalue weighted by atomic mass is 9.99. The Labute approximate surface area is 243 Å². The Morgan fingerprint density at radius 1 is 0.854 bits per heavy atom. The number of aliphatic hydroxyl groups excluding tert-OH is 1. The summed E-state index contributed by atoms with van der Waals surface area (Å²) in [5, 5.41) is 12.5. The lowest BCUT2D eigenvalue weighted by Gasteiger charge is -2.39. The number of likely N-dealkylation sites (tertiary alicyclic amines) is 2. The third-order valence-electron chi connectivity index (χ3n) is 8.67. The molecule has 6 rings (SSSR count). The number of benzene rings is 3. The second-order valence-electron chi connectivity index (χ2n) is 11.6. The fourth-order valence-corrected chi connectivity index (χ4v) is 6.46. The Bertz CT molecular complexity index is 1280. The van der Waals surface area contributed by atoms with Crippen LogP contribution in [0.4, 0.5) is 5.69 Å². The van der Waals surface area contributed by atoms with Crippen LogP contribution in [0.25, 0.3) is 0 Å². The molecule has 2 N–H and O–H groups in total. The zero-order chi connectivity index (χ0) is 28.0. The molecule has 7 nitrogen and oxygen atoms in total. The van der Waals surface area contributed by atoms with Gasteiger partial charge in [-0.05, 0) is 80.7 Å². The summed E-state index contributed by atoms with van der Waals surface area (Å²) in [5.41, 5.74) is 4.18. The van der Waals surface area contributed by atoms with Gasteiger partial charge >= 0.3 is 0 Å². The number of rotatable bonds is 9. The second-order valence-corrected chi connectivity index (χ2v) is 11.6. The van der Waals surface area contributed by atoms with Gasteiger partial charge in [-0.1, -0.05) is 54.6 Å². The molecule has 3 aromatic carbocycles. The summed E-state index contributed by atoms with van der Waals surface area (Å²) >= 11 is 0. The van der Waals surface area contributed by atoms with Crippen LogP contribution < -0.4 is 5.32 Å². The van der Waals surface area contributed by atoms with Gasteiger partial charge in [-0.3, -0.25) is 9.69 Å². The Hall–Kier alpha value is -3.07. The fourth-order valence-electron chi connectivity index (χ4n) is 6.46. The number of nitrogens with one attached hydrogen (secondary N) is 1. The van der Waals surface area contributed by atoms with E-state index in [1.54, 1.807) is 12.1 Å². The Balaban J connectivity index is 1.20. The molecule has 0 spiro atoms. The SMILES string of the molecule is O=C(Nc1cccc([C@H]2O[C@@H](CN3CCC[C@H]3CN3CCCC3)C[C@@H](c3ccc(CO)cc3)O2)c1)c1ccccc1. The summed E-state index contributed by atoms with van der Waals surface area (Å²) in [6.45, 7) is 5.62. The highest BCUT2D eigenvalue weighted by molar-refractivity contribution is 6.04. The molecule has 3 aliphatic rings. The second kappa shape index (κ2) is 13.3. The quantitative estimate of drug-likeness (QED) is 0.361. The maximum atomic E-state index is 12.8. The van der Waals surface area contributed by atoms with Crippen LogP contribution in [-0.4, -0.2) is 65.7 Å². The van der Waals surface area contributed by atoms with Crippen molar-refractivity contribution in [1.29, 1.82) is 0 Å². The average molecular weight is 556 g/mol. The molecule has 0 aliphatic carbocycles. The van der Waals surface area contributed by atoms with E-state index in [4.69, 9.17) is 9.47 Å². The number of carbonyl (C=O) groups is 1. The van der Waals surface area contributed by atoms with Crippen molar-refractivity contribution in [2.45, 2.75) is 63.3 Å². The Morgan fingerprint density at radius 2 is 1.66 bits per heavy atom. The van der Waals surface area contributed by atoms with Gasteiger partial charge in [0.25, 0.3) is 5.91 Å². The van der Waals surface area contributed by atoms with Crippen molar-refractivity contribution < 1.29 is 19.4 Å². The largest absolute Gasteiger partial charge is 0.392 e. The number of carbonyl (C=O) groups excluding carboxylic acids is 1. The van der Waals surface area contributed by atoms with Crippen LogP contribution in [0.5, 0.6) is 0 Å². The normalized spacial score (nSPS) is 25.4. The van der Waals surface area contributed by atoms with Crippen molar-refractivity contribution in [3.8, 4) is 0 Å². The van der Waals surface area contributed by atoms with Crippen LogP contribution in [-0.2, 0) is 16.1 Å². The lowest BCUT2D eigenvalue weighted by molar-refractivity contribution is -0.253. The van der Waals surface area contributed by atoms with Crippen LogP contribution in [0.1, 0.15) is 71.5 Å². The zero-order valence-corrected chi connectivity index (χ0v) is 23.7. The molecule has 3 aliphatic heterocycles. The van der Waals surface area contributed by atoms with E-state index in [1.165, 1.54) is 38.8 Å². The van der Waals surface area contributed by atoms with E-state index in [1.807, 2.05) is 54.6 Å². The van der Waals surface area contributed by atoms with E-state index in [2.05, 4.69) is 27.2 Å². The zero-order valence-electron chi connectivity index (χ0n) is 23.7. The van der Waals surface area contributed by atoms with Gasteiger partial charge in [0.15, 0.2) is 6.29 Å². The molecule has 3 heterocycles. The molecule has 0 bridgehead atoms. The predicted octanol–water partition coefficient (Wildman–Crippen LogP) is 5.54. The van der Waals surface area contributed by atoms with Gasteiger partial charge in [-0.2, -0.15) is 0 Å². The number of aliphatic hydroxyl groups is 1. The molecule has 0 unspecified atom stereocenters. The molecule has 41 heavy (non-hydrogen) atoms. The summed E-state index contributed by atoms with van der Waals surface area (Å²) in [4.78, 5) is 18.0. The van der Waals surface area contributed by atoms with Crippen LogP contribution in [0.3, 0.4) is 0 Å². The van der Waals surface area contributed by atoms with Gasteiger partial charge in [0.05, 0.1) is 18.8 Å². The first-order chi connectivity index (χ1) is 20.1. The molecule has 7 heteroatoms. The van der Waals surface area contributed by atoms with Crippen molar-refractivity contribution >= 4 is 11.6 Å². The van der Waals surface area contributed by atoms with Gasteiger partial charge in [-0.25, -0.2) is 0 Å². The topological polar surface area (TPSA) is 74.3 Å². The number of amides is 1. The minimum absolute atomic E-state index is 0.0120. The first kappa shape index (κ1) is 28.1. The first-order valence-corrected chi connectivity index (χ1v) is 15.1. The highest BCUT2D eigenvalue weighted by Gasteiger charge is 2.36. The van der Waals surface area contributed by atoms with E-state index in [-0.39, 0.29) is 24.7 Å². The van der Waals surface area contributed by atoms with Crippen LogP contribution >= 0.6 is 0 Å². The number of anilines is 1. The highest BCUT2D eigenvalue weighted by atomic mass is 16.7. The molecule has 216 valence electrons. The predicted molar refractivity (Wildman–Crippen MR) is 160 cm³/mol. The number of hydrogen-bond acceptors (Lipinski definition) is 6. The van der Waals surface area contributed by atoms with Crippen LogP contribution in [0, 0.1) is 0 Å². The molecule has 0 saturated carbocycles. The van der Waals surface area contributed by atoms with Gasteiger partial charge in [-0.15, -0.1) is 0 Å². The fraction of sp³-hybridized carbons (Fsp3) is 0.441. The first-order valence-electron chi connectivity index (χ1n) is 15.1. The molecule has 3 saturated heterocycles. The monoisotopic (exact) mass is 555 g/mol. The van der Waals surface area contributed by atoms with Crippen molar-refractivity contribution in [2.75, 3.05) is 38.0 Å². The minimum Gasteiger partial charge on any atom is -0.392 e. The number of hydrogen-bond donors (Lipinski definition) is 2. The summed E-state index contributed by atoms with van der Waals surface area (Å²) in [5.74, 6) is -0.147. The van der Waals surface area contributed by atoms with E-state index < -0.39 is 6.29 Å². The Morgan fingerprint density at radius 3 is 2.44 bits per heavy atom. The van der Waals surface area contributed by atoms with Gasteiger partial charge < -0.3 is 24.8 Å². The lowest BCUT2D eigenvalue weighted by Crippen LogP contribution is -2.45. The third kappa shape index (κ3) is 7.05. The molecule has 1 amide bonds. The van der Waals surface area contributed by atoms with Crippen molar-refractivity contribution in [3.05, 3.63) is 101 Å². The van der Waals surface area contributed by atoms with Crippen molar-refractivity contribution in [3.63, 3.8) is 0 Å². The maximum Gasteiger partial charge on any atom is 0.255 e. The Kier molecular flexibility index (Phi) is 9.09. The van der Waals surface area contributed by atoms with Gasteiger partial charge in [0.1, 0.15) is 0 Å². The van der Waals surface area contributed by atoms with Crippen molar-refractivity contribution in [2.24, 2.45) is 0 Å². The van der Waals surface area contributed by atoms with Gasteiger partial charge in [0, 0.05) is 42.4 Å². The molecule has 0 aromatic heterocycles. The summed E-state index contributed by atoms with van der Waals surface area (Å²) in [6.07, 6.45) is 5.22. The number of nitrogens with zero attached hydrogens (tertiary/aromatic N) is 2.